The van der Waals surface area contributed by atoms with Crippen LogP contribution in [0.25, 0.3) is 10.8 Å². The smallest absolute Gasteiger partial charge is 0.0417 e. The number of hydrogen-bond donors (Lipinski definition) is 1. The molecule has 3 nitrogen and oxygen atoms in total. The second-order valence-corrected chi connectivity index (χ2v) is 8.40. The highest BCUT2D eigenvalue weighted by Gasteiger charge is 2.20. The summed E-state index contributed by atoms with van der Waals surface area (Å²) in [5.41, 5.74) is 7.49. The van der Waals surface area contributed by atoms with Crippen molar-refractivity contribution in [3.63, 3.8) is 0 Å². The van der Waals surface area contributed by atoms with Crippen LogP contribution in [-0.2, 0) is 0 Å². The van der Waals surface area contributed by atoms with E-state index in [1.165, 1.54) is 38.8 Å². The van der Waals surface area contributed by atoms with E-state index in [-0.39, 0.29) is 5.92 Å². The molecule has 158 valence electrons. The van der Waals surface area contributed by atoms with Crippen LogP contribution in [0.15, 0.2) is 84.9 Å². The third-order valence-electron chi connectivity index (χ3n) is 6.02. The van der Waals surface area contributed by atoms with Crippen molar-refractivity contribution in [3.05, 3.63) is 102 Å². The number of hydrogen-bond acceptors (Lipinski definition) is 3. The fourth-order valence-corrected chi connectivity index (χ4v) is 4.27. The zero-order chi connectivity index (χ0) is 22.0. The number of fused-ring (bicyclic) bond motifs is 1. The molecule has 0 bridgehead atoms. The van der Waals surface area contributed by atoms with Crippen molar-refractivity contribution in [1.82, 2.24) is 0 Å². The van der Waals surface area contributed by atoms with Crippen molar-refractivity contribution in [2.45, 2.75) is 5.92 Å². The lowest BCUT2D eigenvalue weighted by Crippen LogP contribution is -2.10. The van der Waals surface area contributed by atoms with Gasteiger partial charge in [-0.3, -0.25) is 0 Å². The Morgan fingerprint density at radius 1 is 0.581 bits per heavy atom. The lowest BCUT2D eigenvalue weighted by atomic mass is 9.82. The number of nitrogens with zero attached hydrogens (tertiary/aromatic N) is 2. The number of benzene rings is 4. The Labute approximate surface area is 185 Å². The molecule has 0 fully saturated rings. The van der Waals surface area contributed by atoms with Crippen LogP contribution in [-0.4, -0.2) is 35.2 Å². The van der Waals surface area contributed by atoms with Crippen molar-refractivity contribution in [2.75, 3.05) is 50.4 Å². The highest BCUT2D eigenvalue weighted by molar-refractivity contribution is 5.97. The van der Waals surface area contributed by atoms with Gasteiger partial charge in [-0.05, 0) is 52.4 Å². The first kappa shape index (κ1) is 20.8. The highest BCUT2D eigenvalue weighted by Crippen LogP contribution is 2.39. The Bertz CT molecular complexity index is 1110. The number of anilines is 3. The quantitative estimate of drug-likeness (QED) is 0.383. The molecule has 0 aromatic heterocycles. The summed E-state index contributed by atoms with van der Waals surface area (Å²) in [5, 5.41) is 5.88. The molecule has 1 N–H and O–H groups in total. The van der Waals surface area contributed by atoms with Crippen molar-refractivity contribution in [2.24, 2.45) is 0 Å². The summed E-state index contributed by atoms with van der Waals surface area (Å²) >= 11 is 0. The Balaban J connectivity index is 1.92. The van der Waals surface area contributed by atoms with E-state index in [2.05, 4.69) is 128 Å². The minimum atomic E-state index is 0.156. The first-order chi connectivity index (χ1) is 15.0. The van der Waals surface area contributed by atoms with Crippen LogP contribution in [0.3, 0.4) is 0 Å². The van der Waals surface area contributed by atoms with Gasteiger partial charge in [0.05, 0.1) is 0 Å². The van der Waals surface area contributed by atoms with Gasteiger partial charge in [-0.15, -0.1) is 0 Å². The number of rotatable bonds is 6. The minimum Gasteiger partial charge on any atom is -0.388 e. The van der Waals surface area contributed by atoms with Crippen LogP contribution in [0, 0.1) is 0 Å². The molecule has 3 heteroatoms. The monoisotopic (exact) mass is 409 g/mol. The van der Waals surface area contributed by atoms with E-state index in [1.807, 2.05) is 7.05 Å². The van der Waals surface area contributed by atoms with Crippen LogP contribution in [0.5, 0.6) is 0 Å². The Kier molecular flexibility index (Phi) is 5.85. The summed E-state index contributed by atoms with van der Waals surface area (Å²) in [6.45, 7) is 0. The molecule has 0 radical (unpaired) electrons. The highest BCUT2D eigenvalue weighted by atomic mass is 15.1. The molecule has 0 aliphatic carbocycles. The fourth-order valence-electron chi connectivity index (χ4n) is 4.27. The molecule has 0 amide bonds. The molecular formula is C28H31N3. The summed E-state index contributed by atoms with van der Waals surface area (Å²) in [6, 6.07) is 31.1. The van der Waals surface area contributed by atoms with E-state index < -0.39 is 0 Å². The van der Waals surface area contributed by atoms with Crippen LogP contribution in [0.4, 0.5) is 17.1 Å². The Hall–Kier alpha value is -3.46. The largest absolute Gasteiger partial charge is 0.388 e. The topological polar surface area (TPSA) is 18.5 Å². The molecule has 0 atom stereocenters. The van der Waals surface area contributed by atoms with Crippen LogP contribution >= 0.6 is 0 Å². The van der Waals surface area contributed by atoms with Gasteiger partial charge in [0.2, 0.25) is 0 Å². The SMILES string of the molecule is CNc1ccc(C(c2ccc(N(C)C)cc2)c2ccc(N(C)C)cc2)c2ccccc12. The molecule has 4 aromatic rings. The molecule has 0 unspecified atom stereocenters. The lowest BCUT2D eigenvalue weighted by Gasteiger charge is -2.23. The van der Waals surface area contributed by atoms with Gasteiger partial charge in [0.25, 0.3) is 0 Å². The normalized spacial score (nSPS) is 11.0. The molecular weight excluding hydrogens is 378 g/mol. The zero-order valence-corrected chi connectivity index (χ0v) is 19.1. The summed E-state index contributed by atoms with van der Waals surface area (Å²) < 4.78 is 0. The Morgan fingerprint density at radius 2 is 1.06 bits per heavy atom. The van der Waals surface area contributed by atoms with Gasteiger partial charge in [0, 0.05) is 63.6 Å². The predicted molar refractivity (Wildman–Crippen MR) is 136 cm³/mol. The van der Waals surface area contributed by atoms with E-state index in [9.17, 15) is 0 Å². The maximum absolute atomic E-state index is 3.34. The second-order valence-electron chi connectivity index (χ2n) is 8.40. The van der Waals surface area contributed by atoms with Crippen LogP contribution < -0.4 is 15.1 Å². The second kappa shape index (κ2) is 8.73. The van der Waals surface area contributed by atoms with Crippen molar-refractivity contribution in [3.8, 4) is 0 Å². The standard InChI is InChI=1S/C28H31N3/c1-29-27-19-18-26(24-8-6-7-9-25(24)27)28(20-10-14-22(15-11-20)30(2)3)21-12-16-23(17-13-21)31(4)5/h6-19,28-29H,1-5H3. The maximum atomic E-state index is 3.34. The third-order valence-corrected chi connectivity index (χ3v) is 6.02. The molecule has 0 heterocycles. The van der Waals surface area contributed by atoms with E-state index in [0.29, 0.717) is 0 Å². The molecule has 4 aromatic carbocycles. The average Bonchev–Trinajstić information content (AvgIpc) is 2.80. The van der Waals surface area contributed by atoms with Crippen molar-refractivity contribution < 1.29 is 0 Å². The van der Waals surface area contributed by atoms with Gasteiger partial charge in [-0.2, -0.15) is 0 Å². The molecule has 0 aliphatic heterocycles. The Morgan fingerprint density at radius 3 is 1.52 bits per heavy atom. The van der Waals surface area contributed by atoms with E-state index in [4.69, 9.17) is 0 Å². The van der Waals surface area contributed by atoms with Gasteiger partial charge in [0.1, 0.15) is 0 Å². The van der Waals surface area contributed by atoms with Gasteiger partial charge < -0.3 is 15.1 Å². The van der Waals surface area contributed by atoms with Crippen molar-refractivity contribution >= 4 is 27.8 Å². The minimum absolute atomic E-state index is 0.156. The van der Waals surface area contributed by atoms with Crippen LogP contribution in [0.1, 0.15) is 22.6 Å². The first-order valence-electron chi connectivity index (χ1n) is 10.7. The average molecular weight is 410 g/mol. The summed E-state index contributed by atoms with van der Waals surface area (Å²) in [4.78, 5) is 4.28. The summed E-state index contributed by atoms with van der Waals surface area (Å²) in [7, 11) is 10.3. The molecule has 0 aliphatic rings. The summed E-state index contributed by atoms with van der Waals surface area (Å²) in [5.74, 6) is 0.156. The lowest BCUT2D eigenvalue weighted by molar-refractivity contribution is 0.984. The molecule has 0 spiro atoms. The van der Waals surface area contributed by atoms with Gasteiger partial charge in [-0.25, -0.2) is 0 Å². The number of nitrogens with one attached hydrogen (secondary N) is 1. The fraction of sp³-hybridized carbons (Fsp3) is 0.214. The molecule has 4 rings (SSSR count). The molecule has 0 saturated carbocycles. The van der Waals surface area contributed by atoms with Crippen molar-refractivity contribution in [1.29, 1.82) is 0 Å². The molecule has 0 saturated heterocycles. The van der Waals surface area contributed by atoms with E-state index >= 15 is 0 Å². The van der Waals surface area contributed by atoms with E-state index in [0.717, 1.165) is 5.69 Å². The van der Waals surface area contributed by atoms with Crippen LogP contribution in [0.2, 0.25) is 0 Å². The third kappa shape index (κ3) is 4.09. The van der Waals surface area contributed by atoms with E-state index in [1.54, 1.807) is 0 Å². The summed E-state index contributed by atoms with van der Waals surface area (Å²) in [6.07, 6.45) is 0. The maximum Gasteiger partial charge on any atom is 0.0417 e. The zero-order valence-electron chi connectivity index (χ0n) is 19.1. The first-order valence-corrected chi connectivity index (χ1v) is 10.7. The molecule has 31 heavy (non-hydrogen) atoms. The van der Waals surface area contributed by atoms with Gasteiger partial charge in [-0.1, -0.05) is 54.6 Å². The van der Waals surface area contributed by atoms with Gasteiger partial charge in [0.15, 0.2) is 0 Å². The van der Waals surface area contributed by atoms with Gasteiger partial charge >= 0.3 is 0 Å². The predicted octanol–water partition coefficient (Wildman–Crippen LogP) is 6.19.